The summed E-state index contributed by atoms with van der Waals surface area (Å²) >= 11 is 2.14. The van der Waals surface area contributed by atoms with Crippen molar-refractivity contribution in [1.82, 2.24) is 0 Å². The maximum Gasteiger partial charge on any atom is 0.174 e. The number of hydrogen-bond donors (Lipinski definition) is 1. The molecule has 0 heterocycles. The number of hydrogen-bond acceptors (Lipinski definition) is 2. The lowest BCUT2D eigenvalue weighted by Gasteiger charge is -2.08. The highest BCUT2D eigenvalue weighted by Gasteiger charge is 2.05. The summed E-state index contributed by atoms with van der Waals surface area (Å²) in [6, 6.07) is 6.24. The lowest BCUT2D eigenvalue weighted by Crippen LogP contribution is -1.98. The van der Waals surface area contributed by atoms with E-state index in [9.17, 15) is 5.11 Å². The van der Waals surface area contributed by atoms with Crippen molar-refractivity contribution in [2.75, 3.05) is 6.61 Å². The first kappa shape index (κ1) is 10.8. The summed E-state index contributed by atoms with van der Waals surface area (Å²) in [5, 5.41) is 9.45. The van der Waals surface area contributed by atoms with Crippen LogP contribution in [0.3, 0.4) is 0 Å². The van der Waals surface area contributed by atoms with Gasteiger partial charge in [-0.05, 0) is 41.1 Å². The second kappa shape index (κ2) is 5.49. The Bertz CT molecular complexity index is 258. The van der Waals surface area contributed by atoms with E-state index in [1.165, 1.54) is 0 Å². The average Bonchev–Trinajstić information content (AvgIpc) is 2.10. The molecule has 0 amide bonds. The molecular weight excluding hydrogens is 295 g/mol. The first-order valence-electron chi connectivity index (χ1n) is 4.00. The summed E-state index contributed by atoms with van der Waals surface area (Å²) in [5.41, 5.74) is 0. The van der Waals surface area contributed by atoms with Crippen molar-refractivity contribution in [3.8, 4) is 11.5 Å². The van der Waals surface area contributed by atoms with Gasteiger partial charge in [-0.15, -0.1) is 0 Å². The van der Waals surface area contributed by atoms with Crippen LogP contribution in [0, 0.1) is 3.57 Å². The molecule has 69 valence electrons. The van der Waals surface area contributed by atoms with Gasteiger partial charge in [-0.3, -0.25) is 0 Å². The number of phenolic OH excluding ortho intramolecular Hbond substituents is 1. The van der Waals surface area contributed by atoms with Crippen molar-refractivity contribution in [1.29, 1.82) is 0 Å². The highest BCUT2D eigenvalue weighted by molar-refractivity contribution is 14.1. The monoisotopic (exact) mass is 305 g/mol. The molecule has 0 unspecified atom stereocenters. The van der Waals surface area contributed by atoms with E-state index in [-0.39, 0.29) is 5.75 Å². The molecule has 0 aliphatic rings. The Morgan fingerprint density at radius 3 is 2.85 bits per heavy atom. The predicted octanol–water partition coefficient (Wildman–Crippen LogP) is 2.35. The zero-order chi connectivity index (χ0) is 9.68. The zero-order valence-electron chi connectivity index (χ0n) is 7.09. The maximum atomic E-state index is 9.45. The van der Waals surface area contributed by atoms with Gasteiger partial charge in [0.2, 0.25) is 0 Å². The first-order chi connectivity index (χ1) is 6.25. The van der Waals surface area contributed by atoms with Gasteiger partial charge in [-0.2, -0.15) is 0 Å². The van der Waals surface area contributed by atoms with E-state index in [1.807, 2.05) is 6.07 Å². The standard InChI is InChI=1S/C9H10IO2Si/c10-7-3-1-4-8(11)9(7)12-5-2-6-13/h1,3-4,11H,2,5-6H2. The molecule has 1 rings (SSSR count). The molecule has 0 atom stereocenters. The summed E-state index contributed by atoms with van der Waals surface area (Å²) in [7, 11) is 3.36. The van der Waals surface area contributed by atoms with Gasteiger partial charge >= 0.3 is 0 Å². The second-order valence-corrected chi connectivity index (χ2v) is 4.20. The van der Waals surface area contributed by atoms with Crippen molar-refractivity contribution < 1.29 is 9.84 Å². The van der Waals surface area contributed by atoms with Crippen molar-refractivity contribution in [2.24, 2.45) is 0 Å². The molecule has 2 nitrogen and oxygen atoms in total. The maximum absolute atomic E-state index is 9.45. The average molecular weight is 305 g/mol. The molecule has 0 saturated heterocycles. The fraction of sp³-hybridized carbons (Fsp3) is 0.333. The summed E-state index contributed by atoms with van der Waals surface area (Å²) < 4.78 is 6.36. The van der Waals surface area contributed by atoms with Gasteiger partial charge in [0.05, 0.1) is 10.2 Å². The lowest BCUT2D eigenvalue weighted by molar-refractivity contribution is 0.297. The quantitative estimate of drug-likeness (QED) is 0.526. The summed E-state index contributed by atoms with van der Waals surface area (Å²) in [6.07, 6.45) is 0.932. The Morgan fingerprint density at radius 2 is 2.23 bits per heavy atom. The van der Waals surface area contributed by atoms with Crippen LogP contribution in [0.5, 0.6) is 11.5 Å². The molecule has 0 bridgehead atoms. The Balaban J connectivity index is 2.64. The molecule has 0 spiro atoms. The van der Waals surface area contributed by atoms with Crippen LogP contribution in [0.1, 0.15) is 6.42 Å². The van der Waals surface area contributed by atoms with Crippen LogP contribution in [0.15, 0.2) is 18.2 Å². The minimum absolute atomic E-state index is 0.209. The van der Waals surface area contributed by atoms with Crippen molar-refractivity contribution in [3.63, 3.8) is 0 Å². The van der Waals surface area contributed by atoms with Crippen LogP contribution in [0.25, 0.3) is 0 Å². The van der Waals surface area contributed by atoms with Crippen molar-refractivity contribution in [2.45, 2.75) is 12.5 Å². The molecule has 13 heavy (non-hydrogen) atoms. The number of benzene rings is 1. The van der Waals surface area contributed by atoms with Gasteiger partial charge in [0.15, 0.2) is 11.5 Å². The largest absolute Gasteiger partial charge is 0.504 e. The third-order valence-corrected chi connectivity index (χ3v) is 2.72. The van der Waals surface area contributed by atoms with E-state index in [1.54, 1.807) is 12.1 Å². The molecule has 0 saturated carbocycles. The fourth-order valence-electron chi connectivity index (χ4n) is 0.887. The highest BCUT2D eigenvalue weighted by atomic mass is 127. The van der Waals surface area contributed by atoms with Crippen LogP contribution >= 0.6 is 22.6 Å². The van der Waals surface area contributed by atoms with Gasteiger partial charge in [0.25, 0.3) is 0 Å². The minimum atomic E-state index is 0.209. The Kier molecular flexibility index (Phi) is 4.58. The third-order valence-electron chi connectivity index (χ3n) is 1.51. The fourth-order valence-corrected chi connectivity index (χ4v) is 1.67. The molecule has 1 aromatic rings. The van der Waals surface area contributed by atoms with Gasteiger partial charge < -0.3 is 9.84 Å². The zero-order valence-corrected chi connectivity index (χ0v) is 10.2. The van der Waals surface area contributed by atoms with E-state index in [0.29, 0.717) is 12.4 Å². The SMILES string of the molecule is Oc1cccc(I)c1OCCC[Si]. The van der Waals surface area contributed by atoms with Crippen LogP contribution in [0.2, 0.25) is 6.04 Å². The van der Waals surface area contributed by atoms with E-state index < -0.39 is 0 Å². The van der Waals surface area contributed by atoms with Crippen LogP contribution in [0.4, 0.5) is 0 Å². The minimum Gasteiger partial charge on any atom is -0.504 e. The van der Waals surface area contributed by atoms with Crippen molar-refractivity contribution >= 4 is 32.8 Å². The molecule has 1 aromatic carbocycles. The molecule has 0 aliphatic carbocycles. The number of aromatic hydroxyl groups is 1. The third kappa shape index (κ3) is 3.19. The summed E-state index contributed by atoms with van der Waals surface area (Å²) in [5.74, 6) is 0.795. The van der Waals surface area contributed by atoms with Gasteiger partial charge in [-0.1, -0.05) is 12.1 Å². The van der Waals surface area contributed by atoms with E-state index in [2.05, 4.69) is 32.8 Å². The lowest BCUT2D eigenvalue weighted by atomic mass is 10.3. The van der Waals surface area contributed by atoms with Crippen LogP contribution in [-0.4, -0.2) is 22.0 Å². The second-order valence-electron chi connectivity index (χ2n) is 2.54. The van der Waals surface area contributed by atoms with Gasteiger partial charge in [0, 0.05) is 10.2 Å². The highest BCUT2D eigenvalue weighted by Crippen LogP contribution is 2.30. The normalized spacial score (nSPS) is 10.0. The molecule has 4 heteroatoms. The topological polar surface area (TPSA) is 29.5 Å². The molecule has 3 radical (unpaired) electrons. The molecule has 0 aromatic heterocycles. The Labute approximate surface area is 94.9 Å². The van der Waals surface area contributed by atoms with E-state index in [0.717, 1.165) is 16.0 Å². The summed E-state index contributed by atoms with van der Waals surface area (Å²) in [4.78, 5) is 0. The van der Waals surface area contributed by atoms with E-state index >= 15 is 0 Å². The van der Waals surface area contributed by atoms with Crippen LogP contribution < -0.4 is 4.74 Å². The smallest absolute Gasteiger partial charge is 0.174 e. The Morgan fingerprint density at radius 1 is 1.46 bits per heavy atom. The first-order valence-corrected chi connectivity index (χ1v) is 5.79. The predicted molar refractivity (Wildman–Crippen MR) is 61.5 cm³/mol. The number of rotatable bonds is 4. The number of ether oxygens (including phenoxy) is 1. The van der Waals surface area contributed by atoms with Gasteiger partial charge in [-0.25, -0.2) is 0 Å². The number of para-hydroxylation sites is 1. The Hall–Kier alpha value is -0.233. The van der Waals surface area contributed by atoms with E-state index in [4.69, 9.17) is 4.74 Å². The number of halogens is 1. The van der Waals surface area contributed by atoms with Gasteiger partial charge in [0.1, 0.15) is 0 Å². The van der Waals surface area contributed by atoms with Crippen molar-refractivity contribution in [3.05, 3.63) is 21.8 Å². The molecule has 0 aliphatic heterocycles. The number of phenols is 1. The molecule has 1 N–H and O–H groups in total. The van der Waals surface area contributed by atoms with Crippen LogP contribution in [-0.2, 0) is 0 Å². The molecular formula is C9H10IO2Si. The summed E-state index contributed by atoms with van der Waals surface area (Å²) in [6.45, 7) is 0.622. The molecule has 0 fully saturated rings.